The van der Waals surface area contributed by atoms with Crippen LogP contribution < -0.4 is 5.73 Å². The monoisotopic (exact) mass is 533 g/mol. The Balaban J connectivity index is 1.15. The zero-order valence-corrected chi connectivity index (χ0v) is 21.2. The summed E-state index contributed by atoms with van der Waals surface area (Å²) in [6.45, 7) is 1.37. The van der Waals surface area contributed by atoms with Crippen LogP contribution in [0.25, 0.3) is 0 Å². The van der Waals surface area contributed by atoms with Crippen LogP contribution in [0.3, 0.4) is 0 Å². The largest absolute Gasteiger partial charge is 0.479 e. The number of carboxylic acids is 1. The third-order valence-corrected chi connectivity index (χ3v) is 9.86. The van der Waals surface area contributed by atoms with Crippen molar-refractivity contribution in [2.24, 2.45) is 40.7 Å². The minimum absolute atomic E-state index is 0.0421. The van der Waals surface area contributed by atoms with Gasteiger partial charge in [0.2, 0.25) is 12.0 Å². The van der Waals surface area contributed by atoms with Crippen LogP contribution in [0.5, 0.6) is 0 Å². The first kappa shape index (κ1) is 25.7. The fourth-order valence-electron chi connectivity index (χ4n) is 8.49. The number of carbonyl (C=O) groups excluding carboxylic acids is 2. The Morgan fingerprint density at radius 1 is 1.00 bits per heavy atom. The lowest BCUT2D eigenvalue weighted by Crippen LogP contribution is -2.61. The zero-order chi connectivity index (χ0) is 27.0. The van der Waals surface area contributed by atoms with E-state index < -0.39 is 58.6 Å². The number of fused-ring (bicyclic) bond motifs is 1. The molecule has 38 heavy (non-hydrogen) atoms. The first-order chi connectivity index (χ1) is 18.0. The molecule has 1 aromatic carbocycles. The van der Waals surface area contributed by atoms with Crippen LogP contribution in [0, 0.1) is 40.8 Å². The van der Waals surface area contributed by atoms with Gasteiger partial charge < -0.3 is 25.1 Å². The highest BCUT2D eigenvalue weighted by Gasteiger charge is 2.85. The molecular weight excluding hydrogens is 500 g/mol. The second-order valence-corrected chi connectivity index (χ2v) is 12.3. The normalized spacial score (nSPS) is 42.8. The van der Waals surface area contributed by atoms with Crippen LogP contribution in [0.2, 0.25) is 0 Å². The van der Waals surface area contributed by atoms with Gasteiger partial charge in [-0.05, 0) is 80.4 Å². The number of benzene rings is 1. The molecule has 6 aliphatic rings. The van der Waals surface area contributed by atoms with E-state index in [9.17, 15) is 23.9 Å². The molecule has 1 aromatic rings. The fourth-order valence-corrected chi connectivity index (χ4v) is 8.49. The van der Waals surface area contributed by atoms with Gasteiger partial charge in [-0.15, -0.1) is 0 Å². The molecule has 0 radical (unpaired) electrons. The van der Waals surface area contributed by atoms with E-state index in [-0.39, 0.29) is 19.0 Å². The summed E-state index contributed by atoms with van der Waals surface area (Å²) >= 11 is 0. The minimum atomic E-state index is -2.66. The number of rotatable bonds is 8. The van der Waals surface area contributed by atoms with E-state index in [0.29, 0.717) is 23.3 Å². The average molecular weight is 534 g/mol. The number of hydrogen-bond donors (Lipinski definition) is 2. The van der Waals surface area contributed by atoms with Crippen LogP contribution in [-0.2, 0) is 35.2 Å². The Labute approximate surface area is 219 Å². The van der Waals surface area contributed by atoms with Crippen molar-refractivity contribution < 1.29 is 42.5 Å². The SMILES string of the molecule is C[C@@H](OC(=O)C12CC3CC(CC(C3)C1)C2)OC(=O)[C@]1(N)C(OCc2ccc(F)cc2)C[C@@H]2[C@H]1[C@@]2(F)C(=O)O. The number of aliphatic carboxylic acids is 1. The maximum absolute atomic E-state index is 15.3. The molecule has 0 aromatic heterocycles. The van der Waals surface area contributed by atoms with E-state index in [0.717, 1.165) is 38.5 Å². The molecule has 6 atom stereocenters. The van der Waals surface area contributed by atoms with Crippen molar-refractivity contribution in [3.05, 3.63) is 35.6 Å². The van der Waals surface area contributed by atoms with Gasteiger partial charge in [-0.3, -0.25) is 4.79 Å². The van der Waals surface area contributed by atoms with Gasteiger partial charge >= 0.3 is 17.9 Å². The highest BCUT2D eigenvalue weighted by molar-refractivity contribution is 5.91. The van der Waals surface area contributed by atoms with Gasteiger partial charge in [0.05, 0.1) is 18.1 Å². The van der Waals surface area contributed by atoms with Crippen LogP contribution in [-0.4, -0.2) is 46.6 Å². The predicted molar refractivity (Wildman–Crippen MR) is 127 cm³/mol. The maximum Gasteiger partial charge on any atom is 0.342 e. The quantitative estimate of drug-likeness (QED) is 0.384. The number of carbonyl (C=O) groups is 3. The van der Waals surface area contributed by atoms with E-state index in [2.05, 4.69) is 0 Å². The fraction of sp³-hybridized carbons (Fsp3) is 0.679. The van der Waals surface area contributed by atoms with Gasteiger partial charge in [-0.25, -0.2) is 18.4 Å². The molecule has 0 amide bonds. The molecule has 0 heterocycles. The van der Waals surface area contributed by atoms with E-state index in [1.807, 2.05) is 0 Å². The lowest BCUT2D eigenvalue weighted by Gasteiger charge is -2.55. The molecule has 6 fully saturated rings. The molecule has 8 nitrogen and oxygen atoms in total. The van der Waals surface area contributed by atoms with Crippen molar-refractivity contribution in [3.63, 3.8) is 0 Å². The number of halogens is 2. The number of esters is 2. The number of ether oxygens (including phenoxy) is 3. The van der Waals surface area contributed by atoms with Crippen molar-refractivity contribution in [2.75, 3.05) is 0 Å². The summed E-state index contributed by atoms with van der Waals surface area (Å²) in [5, 5.41) is 9.48. The number of alkyl halides is 1. The highest BCUT2D eigenvalue weighted by Crippen LogP contribution is 2.67. The third-order valence-electron chi connectivity index (χ3n) is 9.86. The molecule has 7 rings (SSSR count). The molecule has 0 spiro atoms. The van der Waals surface area contributed by atoms with Crippen molar-refractivity contribution >= 4 is 17.9 Å². The van der Waals surface area contributed by atoms with Crippen LogP contribution in [0.15, 0.2) is 24.3 Å². The summed E-state index contributed by atoms with van der Waals surface area (Å²) in [5.74, 6) is -4.34. The van der Waals surface area contributed by atoms with Crippen molar-refractivity contribution in [1.82, 2.24) is 0 Å². The summed E-state index contributed by atoms with van der Waals surface area (Å²) in [7, 11) is 0. The van der Waals surface area contributed by atoms with Crippen molar-refractivity contribution in [1.29, 1.82) is 0 Å². The van der Waals surface area contributed by atoms with Gasteiger partial charge in [-0.1, -0.05) is 12.1 Å². The molecule has 3 N–H and O–H groups in total. The second kappa shape index (κ2) is 8.71. The molecular formula is C28H33F2NO7. The molecule has 1 unspecified atom stereocenters. The molecule has 6 saturated carbocycles. The van der Waals surface area contributed by atoms with E-state index >= 15 is 4.39 Å². The van der Waals surface area contributed by atoms with E-state index in [1.165, 1.54) is 31.2 Å². The van der Waals surface area contributed by atoms with Gasteiger partial charge in [0.15, 0.2) is 0 Å². The topological polar surface area (TPSA) is 125 Å². The minimum Gasteiger partial charge on any atom is -0.479 e. The zero-order valence-electron chi connectivity index (χ0n) is 21.2. The highest BCUT2D eigenvalue weighted by atomic mass is 19.1. The Kier molecular flexibility index (Phi) is 5.88. The summed E-state index contributed by atoms with van der Waals surface area (Å²) in [6.07, 6.45) is 3.40. The molecule has 6 aliphatic carbocycles. The predicted octanol–water partition coefficient (Wildman–Crippen LogP) is 3.50. The lowest BCUT2D eigenvalue weighted by atomic mass is 9.49. The third kappa shape index (κ3) is 3.86. The first-order valence-electron chi connectivity index (χ1n) is 13.4. The standard InChI is InChI=1S/C28H33F2NO7/c1-14(37-24(34)26-10-16-6-17(11-26)8-18(7-16)12-26)38-25(35)28(31)21(9-20-22(28)27(20,30)23(32)33)36-13-15-2-4-19(29)5-3-15/h2-5,14,16-18,20-22H,6-13,31H2,1H3,(H,32,33)/t14-,16?,17?,18?,20+,21?,22-,26?,27+,28-/m0/s1. The summed E-state index contributed by atoms with van der Waals surface area (Å²) in [4.78, 5) is 38.3. The van der Waals surface area contributed by atoms with Crippen LogP contribution in [0.4, 0.5) is 8.78 Å². The van der Waals surface area contributed by atoms with Crippen LogP contribution in [0.1, 0.15) is 57.4 Å². The van der Waals surface area contributed by atoms with E-state index in [1.54, 1.807) is 0 Å². The van der Waals surface area contributed by atoms with Gasteiger partial charge in [0.1, 0.15) is 11.4 Å². The maximum atomic E-state index is 15.3. The molecule has 0 saturated heterocycles. The smallest absolute Gasteiger partial charge is 0.342 e. The Bertz CT molecular complexity index is 1120. The summed E-state index contributed by atoms with van der Waals surface area (Å²) in [5.41, 5.74) is 1.74. The Hall–Kier alpha value is -2.59. The number of hydrogen-bond acceptors (Lipinski definition) is 7. The van der Waals surface area contributed by atoms with Gasteiger partial charge in [0, 0.05) is 18.8 Å². The summed E-state index contributed by atoms with van der Waals surface area (Å²) in [6, 6.07) is 5.52. The lowest BCUT2D eigenvalue weighted by molar-refractivity contribution is -0.206. The van der Waals surface area contributed by atoms with Crippen molar-refractivity contribution in [2.45, 2.75) is 82.1 Å². The van der Waals surface area contributed by atoms with Gasteiger partial charge in [0.25, 0.3) is 0 Å². The molecule has 206 valence electrons. The van der Waals surface area contributed by atoms with E-state index in [4.69, 9.17) is 19.9 Å². The molecule has 10 heteroatoms. The Morgan fingerprint density at radius 3 is 2.11 bits per heavy atom. The Morgan fingerprint density at radius 2 is 1.55 bits per heavy atom. The second-order valence-electron chi connectivity index (χ2n) is 12.3. The van der Waals surface area contributed by atoms with Crippen LogP contribution >= 0.6 is 0 Å². The molecule has 4 bridgehead atoms. The number of carboxylic acid groups (broad SMARTS) is 1. The average Bonchev–Trinajstić information content (AvgIpc) is 3.33. The molecule has 0 aliphatic heterocycles. The summed E-state index contributed by atoms with van der Waals surface area (Å²) < 4.78 is 45.4. The van der Waals surface area contributed by atoms with Gasteiger partial charge in [-0.2, -0.15) is 0 Å². The van der Waals surface area contributed by atoms with Crippen molar-refractivity contribution in [3.8, 4) is 0 Å². The number of nitrogens with two attached hydrogens (primary N) is 1. The first-order valence-corrected chi connectivity index (χ1v) is 13.4.